The quantitative estimate of drug-likeness (QED) is 0.473. The van der Waals surface area contributed by atoms with Crippen molar-refractivity contribution >= 4 is 21.8 Å². The van der Waals surface area contributed by atoms with Crippen LogP contribution in [0.3, 0.4) is 0 Å². The number of benzene rings is 1. The van der Waals surface area contributed by atoms with Crippen LogP contribution in [0.4, 0.5) is 0 Å². The number of sulfonamides is 1. The second-order valence-electron chi connectivity index (χ2n) is 3.68. The van der Waals surface area contributed by atoms with Crippen LogP contribution < -0.4 is 4.72 Å². The summed E-state index contributed by atoms with van der Waals surface area (Å²) in [6.45, 7) is -0.430. The molecule has 1 aromatic carbocycles. The molecule has 1 rings (SSSR count). The van der Waals surface area contributed by atoms with E-state index in [-0.39, 0.29) is 23.6 Å². The molecule has 7 nitrogen and oxygen atoms in total. The van der Waals surface area contributed by atoms with Crippen molar-refractivity contribution in [2.75, 3.05) is 13.2 Å². The highest BCUT2D eigenvalue weighted by atomic mass is 32.2. The Labute approximate surface area is 115 Å². The number of aliphatic hydroxyl groups is 1. The van der Waals surface area contributed by atoms with Gasteiger partial charge in [0.05, 0.1) is 11.5 Å². The molecule has 0 heterocycles. The minimum atomic E-state index is -3.72. The highest BCUT2D eigenvalue weighted by Crippen LogP contribution is 2.11. The van der Waals surface area contributed by atoms with E-state index in [0.29, 0.717) is 6.08 Å². The summed E-state index contributed by atoms with van der Waals surface area (Å²) in [7, 11) is -3.72. The molecular weight excluding hydrogens is 286 g/mol. The Morgan fingerprint density at radius 1 is 1.15 bits per heavy atom. The van der Waals surface area contributed by atoms with Crippen LogP contribution in [0.1, 0.15) is 10.4 Å². The first-order chi connectivity index (χ1) is 9.36. The second-order valence-corrected chi connectivity index (χ2v) is 5.45. The Morgan fingerprint density at radius 2 is 1.75 bits per heavy atom. The number of hydrogen-bond donors (Lipinski definition) is 3. The predicted octanol–water partition coefficient (Wildman–Crippen LogP) is -0.219. The second kappa shape index (κ2) is 6.94. The number of ketones is 1. The van der Waals surface area contributed by atoms with Gasteiger partial charge in [-0.1, -0.05) is 0 Å². The summed E-state index contributed by atoms with van der Waals surface area (Å²) >= 11 is 0. The fourth-order valence-corrected chi connectivity index (χ4v) is 2.33. The van der Waals surface area contributed by atoms with Gasteiger partial charge in [0, 0.05) is 18.2 Å². The maximum absolute atomic E-state index is 11.7. The molecule has 0 aliphatic carbocycles. The summed E-state index contributed by atoms with van der Waals surface area (Å²) in [5, 5.41) is 17.0. The molecule has 8 heteroatoms. The van der Waals surface area contributed by atoms with Crippen molar-refractivity contribution < 1.29 is 28.2 Å². The average Bonchev–Trinajstić information content (AvgIpc) is 2.42. The normalized spacial score (nSPS) is 11.7. The average molecular weight is 299 g/mol. The standard InChI is InChI=1S/C12H13NO6S/c14-8-7-13-20(18,19)10-3-1-9(2-4-10)11(15)5-6-12(16)17/h1-6,13-14H,7-8H2,(H,16,17)/b6-5+. The van der Waals surface area contributed by atoms with Crippen molar-refractivity contribution in [3.63, 3.8) is 0 Å². The third-order valence-electron chi connectivity index (χ3n) is 2.23. The molecule has 108 valence electrons. The molecule has 0 fully saturated rings. The molecule has 0 bridgehead atoms. The summed E-state index contributed by atoms with van der Waals surface area (Å²) < 4.78 is 25.5. The van der Waals surface area contributed by atoms with Gasteiger partial charge >= 0.3 is 5.97 Å². The van der Waals surface area contributed by atoms with Crippen LogP contribution in [-0.4, -0.2) is 43.5 Å². The summed E-state index contributed by atoms with van der Waals surface area (Å²) in [4.78, 5) is 21.8. The molecule has 0 radical (unpaired) electrons. The van der Waals surface area contributed by atoms with E-state index in [1.165, 1.54) is 24.3 Å². The van der Waals surface area contributed by atoms with Crippen molar-refractivity contribution in [2.24, 2.45) is 0 Å². The van der Waals surface area contributed by atoms with Crippen LogP contribution in [0, 0.1) is 0 Å². The molecule has 0 aliphatic rings. The molecule has 0 aromatic heterocycles. The largest absolute Gasteiger partial charge is 0.478 e. The summed E-state index contributed by atoms with van der Waals surface area (Å²) in [6.07, 6.45) is 1.59. The maximum Gasteiger partial charge on any atom is 0.328 e. The van der Waals surface area contributed by atoms with Gasteiger partial charge in [-0.15, -0.1) is 0 Å². The zero-order chi connectivity index (χ0) is 15.2. The Hall–Kier alpha value is -2.03. The number of carbonyl (C=O) groups is 2. The lowest BCUT2D eigenvalue weighted by Gasteiger charge is -2.05. The van der Waals surface area contributed by atoms with E-state index in [4.69, 9.17) is 10.2 Å². The lowest BCUT2D eigenvalue weighted by Crippen LogP contribution is -2.26. The number of allylic oxidation sites excluding steroid dienone is 1. The minimum Gasteiger partial charge on any atom is -0.478 e. The number of hydrogen-bond acceptors (Lipinski definition) is 5. The highest BCUT2D eigenvalue weighted by molar-refractivity contribution is 7.89. The first-order valence-corrected chi connectivity index (χ1v) is 7.01. The first-order valence-electron chi connectivity index (χ1n) is 5.53. The maximum atomic E-state index is 11.7. The summed E-state index contributed by atoms with van der Waals surface area (Å²) in [6, 6.07) is 5.01. The molecule has 0 atom stereocenters. The number of aliphatic carboxylic acids is 1. The monoisotopic (exact) mass is 299 g/mol. The van der Waals surface area contributed by atoms with Crippen molar-refractivity contribution in [2.45, 2.75) is 4.90 Å². The van der Waals surface area contributed by atoms with Crippen LogP contribution in [0.5, 0.6) is 0 Å². The SMILES string of the molecule is O=C(O)/C=C/C(=O)c1ccc(S(=O)(=O)NCCO)cc1. The van der Waals surface area contributed by atoms with Gasteiger partial charge in [-0.05, 0) is 30.3 Å². The van der Waals surface area contributed by atoms with Gasteiger partial charge in [-0.25, -0.2) is 17.9 Å². The van der Waals surface area contributed by atoms with Crippen molar-refractivity contribution in [3.8, 4) is 0 Å². The number of nitrogens with one attached hydrogen (secondary N) is 1. The number of carbonyl (C=O) groups excluding carboxylic acids is 1. The molecule has 0 aliphatic heterocycles. The molecule has 1 aromatic rings. The fourth-order valence-electron chi connectivity index (χ4n) is 1.30. The smallest absolute Gasteiger partial charge is 0.328 e. The number of aliphatic hydroxyl groups excluding tert-OH is 1. The summed E-state index contributed by atoms with van der Waals surface area (Å²) in [5.41, 5.74) is 0.170. The van der Waals surface area contributed by atoms with Gasteiger partial charge in [0.1, 0.15) is 0 Å². The number of carboxylic acids is 1. The third kappa shape index (κ3) is 4.57. The van der Waals surface area contributed by atoms with E-state index in [1.807, 2.05) is 0 Å². The Kier molecular flexibility index (Phi) is 5.56. The van der Waals surface area contributed by atoms with Crippen LogP contribution in [0.2, 0.25) is 0 Å². The van der Waals surface area contributed by atoms with Gasteiger partial charge in [0.15, 0.2) is 5.78 Å². The third-order valence-corrected chi connectivity index (χ3v) is 3.71. The van der Waals surface area contributed by atoms with Gasteiger partial charge in [-0.2, -0.15) is 0 Å². The van der Waals surface area contributed by atoms with Gasteiger partial charge in [0.2, 0.25) is 10.0 Å². The highest BCUT2D eigenvalue weighted by Gasteiger charge is 2.13. The van der Waals surface area contributed by atoms with E-state index >= 15 is 0 Å². The van der Waals surface area contributed by atoms with E-state index in [2.05, 4.69) is 4.72 Å². The fraction of sp³-hybridized carbons (Fsp3) is 0.167. The first kappa shape index (κ1) is 16.0. The Morgan fingerprint density at radius 3 is 2.25 bits per heavy atom. The zero-order valence-corrected chi connectivity index (χ0v) is 11.1. The minimum absolute atomic E-state index is 0.0512. The Bertz CT molecular complexity index is 618. The Balaban J connectivity index is 2.89. The number of carboxylic acid groups (broad SMARTS) is 1. The number of rotatable bonds is 7. The van der Waals surface area contributed by atoms with E-state index < -0.39 is 21.8 Å². The van der Waals surface area contributed by atoms with E-state index in [9.17, 15) is 18.0 Å². The van der Waals surface area contributed by atoms with E-state index in [1.54, 1.807) is 0 Å². The lowest BCUT2D eigenvalue weighted by molar-refractivity contribution is -0.131. The van der Waals surface area contributed by atoms with Crippen LogP contribution >= 0.6 is 0 Å². The molecule has 0 saturated heterocycles. The molecular formula is C12H13NO6S. The van der Waals surface area contributed by atoms with Gasteiger partial charge in [0.25, 0.3) is 0 Å². The van der Waals surface area contributed by atoms with Crippen LogP contribution in [-0.2, 0) is 14.8 Å². The van der Waals surface area contributed by atoms with E-state index in [0.717, 1.165) is 6.08 Å². The van der Waals surface area contributed by atoms with Crippen LogP contribution in [0.25, 0.3) is 0 Å². The molecule has 0 amide bonds. The molecule has 0 spiro atoms. The topological polar surface area (TPSA) is 121 Å². The zero-order valence-electron chi connectivity index (χ0n) is 10.3. The van der Waals surface area contributed by atoms with Crippen molar-refractivity contribution in [1.29, 1.82) is 0 Å². The van der Waals surface area contributed by atoms with Crippen molar-refractivity contribution in [3.05, 3.63) is 42.0 Å². The molecule has 0 unspecified atom stereocenters. The lowest BCUT2D eigenvalue weighted by atomic mass is 10.1. The van der Waals surface area contributed by atoms with Crippen LogP contribution in [0.15, 0.2) is 41.3 Å². The van der Waals surface area contributed by atoms with Gasteiger partial charge in [-0.3, -0.25) is 4.79 Å². The van der Waals surface area contributed by atoms with Gasteiger partial charge < -0.3 is 10.2 Å². The molecule has 20 heavy (non-hydrogen) atoms. The summed E-state index contributed by atoms with van der Waals surface area (Å²) in [5.74, 6) is -1.79. The predicted molar refractivity (Wildman–Crippen MR) is 69.8 cm³/mol. The molecule has 0 saturated carbocycles. The molecule has 3 N–H and O–H groups in total. The van der Waals surface area contributed by atoms with Crippen molar-refractivity contribution in [1.82, 2.24) is 4.72 Å².